The highest BCUT2D eigenvalue weighted by Crippen LogP contribution is 2.35. The van der Waals surface area contributed by atoms with E-state index in [0.29, 0.717) is 23.1 Å². The molecular weight excluding hydrogens is 376 g/mol. The molecule has 0 bridgehead atoms. The molecule has 1 aliphatic rings. The van der Waals surface area contributed by atoms with Crippen LogP contribution in [0.1, 0.15) is 37.4 Å². The monoisotopic (exact) mass is 398 g/mol. The first-order valence-electron chi connectivity index (χ1n) is 9.52. The molecule has 3 N–H and O–H groups in total. The molecule has 0 fully saturated rings. The third-order valence-electron chi connectivity index (χ3n) is 4.80. The summed E-state index contributed by atoms with van der Waals surface area (Å²) in [7, 11) is 0. The minimum absolute atomic E-state index is 0.254. The highest BCUT2D eigenvalue weighted by Gasteiger charge is 2.17. The van der Waals surface area contributed by atoms with Crippen molar-refractivity contribution in [2.24, 2.45) is 0 Å². The Balaban J connectivity index is 1.70. The van der Waals surface area contributed by atoms with Crippen LogP contribution in [0.25, 0.3) is 10.9 Å². The summed E-state index contributed by atoms with van der Waals surface area (Å²) in [5.41, 5.74) is 9.46. The average Bonchev–Trinajstić information content (AvgIpc) is 3.16. The molecule has 6 nitrogen and oxygen atoms in total. The van der Waals surface area contributed by atoms with E-state index in [9.17, 15) is 0 Å². The third kappa shape index (κ3) is 3.78. The van der Waals surface area contributed by atoms with Crippen LogP contribution in [0.3, 0.4) is 0 Å². The fraction of sp³-hybridized carbons (Fsp3) is 0.333. The number of anilines is 2. The number of aromatic nitrogens is 2. The van der Waals surface area contributed by atoms with Crippen LogP contribution < -0.4 is 20.5 Å². The molecule has 0 unspecified atom stereocenters. The molecule has 146 valence electrons. The predicted octanol–water partition coefficient (Wildman–Crippen LogP) is 4.79. The SMILES string of the molecule is CCCCCNc1nc(Cc2ccc3c(c2)OCO3)c2c(N)c(Cl)ccc2n1. The van der Waals surface area contributed by atoms with Crippen LogP contribution in [0.5, 0.6) is 11.5 Å². The van der Waals surface area contributed by atoms with E-state index >= 15 is 0 Å². The lowest BCUT2D eigenvalue weighted by Gasteiger charge is -2.13. The topological polar surface area (TPSA) is 82.3 Å². The van der Waals surface area contributed by atoms with Crippen LogP contribution in [0.15, 0.2) is 30.3 Å². The van der Waals surface area contributed by atoms with Gasteiger partial charge in [0.15, 0.2) is 11.5 Å². The molecular formula is C21H23ClN4O2. The third-order valence-corrected chi connectivity index (χ3v) is 5.13. The minimum Gasteiger partial charge on any atom is -0.454 e. The van der Waals surface area contributed by atoms with E-state index in [1.165, 1.54) is 12.8 Å². The standard InChI is InChI=1S/C21H23ClN4O2/c1-2-3-4-9-24-21-25-15-7-6-14(22)20(23)19(15)16(26-21)10-13-5-8-17-18(11-13)28-12-27-17/h5-8,11H,2-4,9-10,12,23H2,1H3,(H,24,25,26). The molecule has 4 rings (SSSR count). The normalized spacial score (nSPS) is 12.5. The van der Waals surface area contributed by atoms with Gasteiger partial charge in [-0.25, -0.2) is 9.97 Å². The summed E-state index contributed by atoms with van der Waals surface area (Å²) in [5.74, 6) is 2.12. The molecule has 3 aromatic rings. The molecule has 1 aliphatic heterocycles. The maximum absolute atomic E-state index is 6.28. The summed E-state index contributed by atoms with van der Waals surface area (Å²) in [5, 5.41) is 4.63. The van der Waals surface area contributed by atoms with E-state index in [4.69, 9.17) is 31.8 Å². The van der Waals surface area contributed by atoms with Gasteiger partial charge < -0.3 is 20.5 Å². The lowest BCUT2D eigenvalue weighted by atomic mass is 10.0. The van der Waals surface area contributed by atoms with Crippen LogP contribution in [-0.4, -0.2) is 23.3 Å². The van der Waals surface area contributed by atoms with Crippen molar-refractivity contribution in [2.75, 3.05) is 24.4 Å². The van der Waals surface area contributed by atoms with Gasteiger partial charge in [-0.2, -0.15) is 0 Å². The molecule has 28 heavy (non-hydrogen) atoms. The molecule has 0 radical (unpaired) electrons. The Morgan fingerprint density at radius 3 is 2.82 bits per heavy atom. The fourth-order valence-electron chi connectivity index (χ4n) is 3.33. The smallest absolute Gasteiger partial charge is 0.231 e. The first-order valence-corrected chi connectivity index (χ1v) is 9.90. The molecule has 0 amide bonds. The predicted molar refractivity (Wildman–Crippen MR) is 112 cm³/mol. The van der Waals surface area contributed by atoms with E-state index in [2.05, 4.69) is 17.2 Å². The molecule has 0 atom stereocenters. The van der Waals surface area contributed by atoms with Crippen molar-refractivity contribution in [3.05, 3.63) is 46.6 Å². The van der Waals surface area contributed by atoms with Crippen LogP contribution in [0.4, 0.5) is 11.6 Å². The second-order valence-electron chi connectivity index (χ2n) is 6.85. The van der Waals surface area contributed by atoms with E-state index in [0.717, 1.165) is 46.6 Å². The summed E-state index contributed by atoms with van der Waals surface area (Å²) in [6.07, 6.45) is 4.01. The van der Waals surface area contributed by atoms with Gasteiger partial charge in [-0.3, -0.25) is 0 Å². The number of rotatable bonds is 7. The van der Waals surface area contributed by atoms with Crippen LogP contribution in [0, 0.1) is 0 Å². The van der Waals surface area contributed by atoms with Gasteiger partial charge in [0.1, 0.15) is 0 Å². The number of benzene rings is 2. The fourth-order valence-corrected chi connectivity index (χ4v) is 3.49. The maximum atomic E-state index is 6.28. The Morgan fingerprint density at radius 1 is 1.11 bits per heavy atom. The first kappa shape index (κ1) is 18.6. The molecule has 2 heterocycles. The largest absolute Gasteiger partial charge is 0.454 e. The second kappa shape index (κ2) is 8.10. The average molecular weight is 399 g/mol. The Bertz CT molecular complexity index is 1010. The summed E-state index contributed by atoms with van der Waals surface area (Å²) < 4.78 is 10.9. The first-order chi connectivity index (χ1) is 13.7. The van der Waals surface area contributed by atoms with E-state index in [1.54, 1.807) is 6.07 Å². The van der Waals surface area contributed by atoms with Crippen molar-refractivity contribution in [1.29, 1.82) is 0 Å². The van der Waals surface area contributed by atoms with Gasteiger partial charge in [0.25, 0.3) is 0 Å². The molecule has 2 aromatic carbocycles. The summed E-state index contributed by atoms with van der Waals surface area (Å²) in [4.78, 5) is 9.39. The number of nitrogens with one attached hydrogen (secondary N) is 1. The van der Waals surface area contributed by atoms with Gasteiger partial charge >= 0.3 is 0 Å². The molecule has 0 aliphatic carbocycles. The number of hydrogen-bond donors (Lipinski definition) is 2. The number of fused-ring (bicyclic) bond motifs is 2. The quantitative estimate of drug-likeness (QED) is 0.440. The zero-order chi connectivity index (χ0) is 19.5. The molecule has 0 spiro atoms. The maximum Gasteiger partial charge on any atom is 0.231 e. The number of nitrogens with two attached hydrogens (primary N) is 1. The van der Waals surface area contributed by atoms with Crippen molar-refractivity contribution in [1.82, 2.24) is 9.97 Å². The second-order valence-corrected chi connectivity index (χ2v) is 7.25. The highest BCUT2D eigenvalue weighted by atomic mass is 35.5. The number of ether oxygens (including phenoxy) is 2. The Morgan fingerprint density at radius 2 is 1.96 bits per heavy atom. The van der Waals surface area contributed by atoms with Crippen molar-refractivity contribution in [3.63, 3.8) is 0 Å². The van der Waals surface area contributed by atoms with Crippen LogP contribution in [0.2, 0.25) is 5.02 Å². The Labute approximate surface area is 169 Å². The zero-order valence-electron chi connectivity index (χ0n) is 15.8. The number of unbranched alkanes of at least 4 members (excludes halogenated alkanes) is 2. The summed E-state index contributed by atoms with van der Waals surface area (Å²) in [6.45, 7) is 3.28. The molecule has 0 saturated heterocycles. The van der Waals surface area contributed by atoms with Crippen LogP contribution >= 0.6 is 11.6 Å². The number of nitrogens with zero attached hydrogens (tertiary/aromatic N) is 2. The van der Waals surface area contributed by atoms with Gasteiger partial charge in [0, 0.05) is 18.4 Å². The summed E-state index contributed by atoms with van der Waals surface area (Å²) in [6, 6.07) is 9.57. The Hall–Kier alpha value is -2.73. The number of halogens is 1. The lowest BCUT2D eigenvalue weighted by molar-refractivity contribution is 0.174. The van der Waals surface area contributed by atoms with Gasteiger partial charge in [-0.05, 0) is 36.2 Å². The van der Waals surface area contributed by atoms with E-state index < -0.39 is 0 Å². The van der Waals surface area contributed by atoms with Crippen LogP contribution in [-0.2, 0) is 6.42 Å². The number of nitrogen functional groups attached to an aromatic ring is 1. The van der Waals surface area contributed by atoms with Gasteiger partial charge in [0.05, 0.1) is 21.9 Å². The number of hydrogen-bond acceptors (Lipinski definition) is 6. The lowest BCUT2D eigenvalue weighted by Crippen LogP contribution is -2.08. The van der Waals surface area contributed by atoms with Gasteiger partial charge in [-0.1, -0.05) is 37.4 Å². The Kier molecular flexibility index (Phi) is 5.39. The van der Waals surface area contributed by atoms with E-state index in [-0.39, 0.29) is 6.79 Å². The molecule has 7 heteroatoms. The molecule has 0 saturated carbocycles. The van der Waals surface area contributed by atoms with Crippen molar-refractivity contribution < 1.29 is 9.47 Å². The summed E-state index contributed by atoms with van der Waals surface area (Å²) >= 11 is 6.26. The van der Waals surface area contributed by atoms with E-state index in [1.807, 2.05) is 24.3 Å². The zero-order valence-corrected chi connectivity index (χ0v) is 16.6. The van der Waals surface area contributed by atoms with Gasteiger partial charge in [-0.15, -0.1) is 0 Å². The van der Waals surface area contributed by atoms with Crippen molar-refractivity contribution >= 4 is 34.1 Å². The van der Waals surface area contributed by atoms with Crippen molar-refractivity contribution in [3.8, 4) is 11.5 Å². The van der Waals surface area contributed by atoms with Crippen molar-refractivity contribution in [2.45, 2.75) is 32.6 Å². The minimum atomic E-state index is 0.254. The molecule has 1 aromatic heterocycles. The highest BCUT2D eigenvalue weighted by molar-refractivity contribution is 6.34. The van der Waals surface area contributed by atoms with Gasteiger partial charge in [0.2, 0.25) is 12.7 Å².